The summed E-state index contributed by atoms with van der Waals surface area (Å²) in [5.74, 6) is -2.76. The van der Waals surface area contributed by atoms with Gasteiger partial charge in [0.15, 0.2) is 0 Å². The molecule has 1 heterocycles. The number of aryl methyl sites for hydroxylation is 1. The van der Waals surface area contributed by atoms with Crippen molar-refractivity contribution in [1.82, 2.24) is 4.98 Å². The van der Waals surface area contributed by atoms with E-state index in [9.17, 15) is 8.78 Å². The zero-order valence-corrected chi connectivity index (χ0v) is 7.14. The molecule has 0 bridgehead atoms. The van der Waals surface area contributed by atoms with E-state index >= 15 is 0 Å². The molecule has 0 aromatic carbocycles. The lowest BCUT2D eigenvalue weighted by Crippen LogP contribution is -2.10. The molecule has 0 aliphatic carbocycles. The van der Waals surface area contributed by atoms with Gasteiger partial charge >= 0.3 is 0 Å². The molecule has 0 N–H and O–H groups in total. The second-order valence-electron chi connectivity index (χ2n) is 2.77. The van der Waals surface area contributed by atoms with Gasteiger partial charge in [-0.05, 0) is 18.1 Å². The van der Waals surface area contributed by atoms with Crippen LogP contribution in [0, 0.1) is 0 Å². The summed E-state index contributed by atoms with van der Waals surface area (Å²) in [6.45, 7) is 2.74. The Labute approximate surface area is 70.4 Å². The summed E-state index contributed by atoms with van der Waals surface area (Å²) in [4.78, 5) is 3.80. The number of nitrogens with zero attached hydrogens (tertiary/aromatic N) is 1. The van der Waals surface area contributed by atoms with Crippen molar-refractivity contribution in [3.05, 3.63) is 29.6 Å². The lowest BCUT2D eigenvalue weighted by atomic mass is 10.0. The summed E-state index contributed by atoms with van der Waals surface area (Å²) in [5, 5.41) is 0. The lowest BCUT2D eigenvalue weighted by Gasteiger charge is -2.13. The summed E-state index contributed by atoms with van der Waals surface area (Å²) < 4.78 is 25.7. The van der Waals surface area contributed by atoms with Gasteiger partial charge in [-0.25, -0.2) is 8.78 Å². The summed E-state index contributed by atoms with van der Waals surface area (Å²) in [5.41, 5.74) is 0.699. The van der Waals surface area contributed by atoms with E-state index in [-0.39, 0.29) is 5.56 Å². The third-order valence-electron chi connectivity index (χ3n) is 1.76. The molecule has 0 amide bonds. The highest BCUT2D eigenvalue weighted by atomic mass is 19.3. The average Bonchev–Trinajstić information content (AvgIpc) is 2.03. The zero-order chi connectivity index (χ0) is 9.19. The monoisotopic (exact) mass is 171 g/mol. The molecule has 3 heteroatoms. The molecular formula is C9H11F2N. The van der Waals surface area contributed by atoms with Crippen LogP contribution in [-0.4, -0.2) is 4.98 Å². The SMILES string of the molecule is CCc1cnccc1C(C)(F)F. The van der Waals surface area contributed by atoms with Crippen LogP contribution in [0.4, 0.5) is 8.78 Å². The van der Waals surface area contributed by atoms with E-state index in [1.165, 1.54) is 18.5 Å². The number of hydrogen-bond donors (Lipinski definition) is 0. The van der Waals surface area contributed by atoms with Crippen molar-refractivity contribution in [3.8, 4) is 0 Å². The fourth-order valence-electron chi connectivity index (χ4n) is 1.14. The van der Waals surface area contributed by atoms with E-state index in [0.717, 1.165) is 6.92 Å². The Morgan fingerprint density at radius 3 is 2.58 bits per heavy atom. The molecule has 0 fully saturated rings. The minimum Gasteiger partial charge on any atom is -0.264 e. The van der Waals surface area contributed by atoms with Crippen LogP contribution in [0.3, 0.4) is 0 Å². The van der Waals surface area contributed by atoms with Crippen LogP contribution in [0.2, 0.25) is 0 Å². The number of halogens is 2. The Hall–Kier alpha value is -0.990. The highest BCUT2D eigenvalue weighted by Gasteiger charge is 2.26. The first-order valence-corrected chi connectivity index (χ1v) is 3.87. The molecule has 0 saturated heterocycles. The van der Waals surface area contributed by atoms with Crippen molar-refractivity contribution in [1.29, 1.82) is 0 Å². The Balaban J connectivity index is 3.14. The molecule has 1 nitrogen and oxygen atoms in total. The van der Waals surface area contributed by atoms with Crippen LogP contribution in [0.15, 0.2) is 18.5 Å². The van der Waals surface area contributed by atoms with Crippen molar-refractivity contribution in [2.75, 3.05) is 0 Å². The van der Waals surface area contributed by atoms with E-state index in [0.29, 0.717) is 12.0 Å². The fraction of sp³-hybridized carbons (Fsp3) is 0.444. The second kappa shape index (κ2) is 3.17. The summed E-state index contributed by atoms with van der Waals surface area (Å²) >= 11 is 0. The Bertz CT molecular complexity index is 265. The molecule has 0 radical (unpaired) electrons. The van der Waals surface area contributed by atoms with Crippen LogP contribution in [-0.2, 0) is 12.3 Å². The van der Waals surface area contributed by atoms with Crippen molar-refractivity contribution >= 4 is 0 Å². The molecule has 0 unspecified atom stereocenters. The standard InChI is InChI=1S/C9H11F2N/c1-3-7-6-12-5-4-8(7)9(2,10)11/h4-6H,3H2,1-2H3. The first-order chi connectivity index (χ1) is 5.55. The van der Waals surface area contributed by atoms with Gasteiger partial charge in [0, 0.05) is 24.9 Å². The van der Waals surface area contributed by atoms with Crippen LogP contribution >= 0.6 is 0 Å². The fourth-order valence-corrected chi connectivity index (χ4v) is 1.14. The van der Waals surface area contributed by atoms with Crippen LogP contribution < -0.4 is 0 Å². The average molecular weight is 171 g/mol. The van der Waals surface area contributed by atoms with Crippen LogP contribution in [0.25, 0.3) is 0 Å². The lowest BCUT2D eigenvalue weighted by molar-refractivity contribution is 0.0165. The maximum absolute atomic E-state index is 12.9. The van der Waals surface area contributed by atoms with Crippen molar-refractivity contribution in [3.63, 3.8) is 0 Å². The van der Waals surface area contributed by atoms with Gasteiger partial charge in [0.2, 0.25) is 0 Å². The molecule has 66 valence electrons. The van der Waals surface area contributed by atoms with E-state index < -0.39 is 5.92 Å². The smallest absolute Gasteiger partial charge is 0.264 e. The molecule has 1 rings (SSSR count). The molecule has 0 aliphatic rings. The Kier molecular flexibility index (Phi) is 2.40. The largest absolute Gasteiger partial charge is 0.270 e. The normalized spacial score (nSPS) is 11.7. The first kappa shape index (κ1) is 9.10. The molecule has 1 aromatic heterocycles. The predicted octanol–water partition coefficient (Wildman–Crippen LogP) is 2.76. The van der Waals surface area contributed by atoms with Gasteiger partial charge in [-0.2, -0.15) is 0 Å². The van der Waals surface area contributed by atoms with Gasteiger partial charge in [0.25, 0.3) is 5.92 Å². The third-order valence-corrected chi connectivity index (χ3v) is 1.76. The van der Waals surface area contributed by atoms with Crippen LogP contribution in [0.5, 0.6) is 0 Å². The van der Waals surface area contributed by atoms with E-state index in [2.05, 4.69) is 4.98 Å². The topological polar surface area (TPSA) is 12.9 Å². The summed E-state index contributed by atoms with van der Waals surface area (Å²) in [6, 6.07) is 1.37. The van der Waals surface area contributed by atoms with Gasteiger partial charge in [-0.3, -0.25) is 4.98 Å². The zero-order valence-electron chi connectivity index (χ0n) is 7.14. The molecule has 0 spiro atoms. The third kappa shape index (κ3) is 1.78. The number of alkyl halides is 2. The molecule has 0 atom stereocenters. The predicted molar refractivity (Wildman–Crippen MR) is 43.2 cm³/mol. The Morgan fingerprint density at radius 2 is 2.17 bits per heavy atom. The van der Waals surface area contributed by atoms with Crippen molar-refractivity contribution < 1.29 is 8.78 Å². The Morgan fingerprint density at radius 1 is 1.50 bits per heavy atom. The van der Waals surface area contributed by atoms with Gasteiger partial charge in [-0.15, -0.1) is 0 Å². The van der Waals surface area contributed by atoms with Crippen LogP contribution in [0.1, 0.15) is 25.0 Å². The van der Waals surface area contributed by atoms with E-state index in [1.54, 1.807) is 0 Å². The number of aromatic nitrogens is 1. The van der Waals surface area contributed by atoms with E-state index in [1.807, 2.05) is 6.92 Å². The highest BCUT2D eigenvalue weighted by molar-refractivity contribution is 5.26. The first-order valence-electron chi connectivity index (χ1n) is 3.87. The minimum absolute atomic E-state index is 0.0833. The van der Waals surface area contributed by atoms with E-state index in [4.69, 9.17) is 0 Å². The minimum atomic E-state index is -2.76. The van der Waals surface area contributed by atoms with Gasteiger partial charge < -0.3 is 0 Å². The quantitative estimate of drug-likeness (QED) is 0.666. The van der Waals surface area contributed by atoms with Gasteiger partial charge in [0.1, 0.15) is 0 Å². The van der Waals surface area contributed by atoms with Gasteiger partial charge in [0.05, 0.1) is 0 Å². The summed E-state index contributed by atoms with van der Waals surface area (Å²) in [6.07, 6.45) is 3.48. The highest BCUT2D eigenvalue weighted by Crippen LogP contribution is 2.29. The molecule has 12 heavy (non-hydrogen) atoms. The van der Waals surface area contributed by atoms with Crippen molar-refractivity contribution in [2.45, 2.75) is 26.2 Å². The maximum atomic E-state index is 12.9. The number of pyridine rings is 1. The molecule has 0 aliphatic heterocycles. The summed E-state index contributed by atoms with van der Waals surface area (Å²) in [7, 11) is 0. The number of rotatable bonds is 2. The molecule has 0 saturated carbocycles. The number of hydrogen-bond acceptors (Lipinski definition) is 1. The molecule has 1 aromatic rings. The maximum Gasteiger partial charge on any atom is 0.270 e. The van der Waals surface area contributed by atoms with Gasteiger partial charge in [-0.1, -0.05) is 6.92 Å². The molecular weight excluding hydrogens is 160 g/mol. The second-order valence-corrected chi connectivity index (χ2v) is 2.77. The van der Waals surface area contributed by atoms with Crippen molar-refractivity contribution in [2.24, 2.45) is 0 Å².